The number of anilines is 1. The van der Waals surface area contributed by atoms with Gasteiger partial charge in [-0.2, -0.15) is 0 Å². The maximum absolute atomic E-state index is 10.8. The Bertz CT molecular complexity index is 790. The number of aliphatic hydroxyl groups is 1. The number of piperazine rings is 1. The highest BCUT2D eigenvalue weighted by Crippen LogP contribution is 2.32. The van der Waals surface area contributed by atoms with Crippen LogP contribution in [0.25, 0.3) is 6.08 Å². The largest absolute Gasteiger partial charge is 0.386 e. The van der Waals surface area contributed by atoms with Crippen molar-refractivity contribution in [2.45, 2.75) is 26.0 Å². The van der Waals surface area contributed by atoms with Gasteiger partial charge in [-0.1, -0.05) is 54.1 Å². The van der Waals surface area contributed by atoms with Crippen LogP contribution in [-0.2, 0) is 0 Å². The molecule has 3 nitrogen and oxygen atoms in total. The number of rotatable bonds is 2. The van der Waals surface area contributed by atoms with Crippen molar-refractivity contribution in [3.8, 4) is 0 Å². The van der Waals surface area contributed by atoms with Crippen LogP contribution in [0.4, 0.5) is 5.69 Å². The summed E-state index contributed by atoms with van der Waals surface area (Å²) in [4.78, 5) is 4.88. The van der Waals surface area contributed by atoms with Crippen molar-refractivity contribution in [1.82, 2.24) is 4.90 Å². The Kier molecular flexibility index (Phi) is 4.36. The summed E-state index contributed by atoms with van der Waals surface area (Å²) in [7, 11) is 0. The maximum atomic E-state index is 10.8. The van der Waals surface area contributed by atoms with E-state index in [9.17, 15) is 5.11 Å². The number of hydrogen-bond donors (Lipinski definition) is 1. The van der Waals surface area contributed by atoms with E-state index in [0.29, 0.717) is 0 Å². The summed E-state index contributed by atoms with van der Waals surface area (Å²) in [6.07, 6.45) is 3.89. The molecule has 1 heterocycles. The zero-order chi connectivity index (χ0) is 17.4. The van der Waals surface area contributed by atoms with Crippen LogP contribution in [0.2, 0.25) is 0 Å². The third-order valence-electron chi connectivity index (χ3n) is 5.54. The highest BCUT2D eigenvalue weighted by molar-refractivity contribution is 5.59. The van der Waals surface area contributed by atoms with Crippen LogP contribution in [-0.4, -0.2) is 42.2 Å². The van der Waals surface area contributed by atoms with Gasteiger partial charge in [0.05, 0.1) is 12.1 Å². The van der Waals surface area contributed by atoms with Gasteiger partial charge in [0.15, 0.2) is 0 Å². The standard InChI is InChI=1S/C22H26N2O/c1-16-7-9-20(17(2)15-16)23-11-13-24(14-12-23)21-10-8-18-5-3-4-6-19(18)22(21)25/h3-10,15,21-22,25H,11-14H2,1-2H3/t21-,22-/m1/s1. The zero-order valence-electron chi connectivity index (χ0n) is 15.0. The molecule has 1 aliphatic heterocycles. The minimum absolute atomic E-state index is 0.0798. The fourth-order valence-electron chi connectivity index (χ4n) is 4.17. The molecule has 2 aromatic rings. The fourth-order valence-corrected chi connectivity index (χ4v) is 4.17. The summed E-state index contributed by atoms with van der Waals surface area (Å²) in [5.74, 6) is 0. The number of aliphatic hydroxyl groups excluding tert-OH is 1. The lowest BCUT2D eigenvalue weighted by molar-refractivity contribution is 0.0684. The van der Waals surface area contributed by atoms with Gasteiger partial charge in [0, 0.05) is 31.9 Å². The van der Waals surface area contributed by atoms with Crippen LogP contribution in [0.5, 0.6) is 0 Å². The Morgan fingerprint density at radius 1 is 0.960 bits per heavy atom. The van der Waals surface area contributed by atoms with E-state index in [1.807, 2.05) is 18.2 Å². The first-order valence-corrected chi connectivity index (χ1v) is 9.15. The molecular formula is C22H26N2O. The Labute approximate surface area is 150 Å². The molecule has 0 bridgehead atoms. The van der Waals surface area contributed by atoms with Gasteiger partial charge in [0.1, 0.15) is 0 Å². The van der Waals surface area contributed by atoms with Gasteiger partial charge < -0.3 is 10.0 Å². The van der Waals surface area contributed by atoms with Gasteiger partial charge in [0.25, 0.3) is 0 Å². The van der Waals surface area contributed by atoms with Crippen LogP contribution in [0.15, 0.2) is 48.5 Å². The number of benzene rings is 2. The summed E-state index contributed by atoms with van der Waals surface area (Å²) < 4.78 is 0. The molecule has 0 aromatic heterocycles. The molecule has 1 fully saturated rings. The minimum atomic E-state index is -0.436. The van der Waals surface area contributed by atoms with Crippen LogP contribution < -0.4 is 4.90 Å². The third kappa shape index (κ3) is 3.10. The van der Waals surface area contributed by atoms with Gasteiger partial charge in [-0.25, -0.2) is 0 Å². The van der Waals surface area contributed by atoms with E-state index < -0.39 is 6.10 Å². The van der Waals surface area contributed by atoms with E-state index in [1.54, 1.807) is 0 Å². The number of aryl methyl sites for hydroxylation is 2. The summed E-state index contributed by atoms with van der Waals surface area (Å²) >= 11 is 0. The quantitative estimate of drug-likeness (QED) is 0.910. The van der Waals surface area contributed by atoms with Crippen molar-refractivity contribution in [3.63, 3.8) is 0 Å². The first-order valence-electron chi connectivity index (χ1n) is 9.15. The first kappa shape index (κ1) is 16.4. The molecule has 0 radical (unpaired) electrons. The normalized spacial score (nSPS) is 23.6. The minimum Gasteiger partial charge on any atom is -0.386 e. The van der Waals surface area contributed by atoms with Crippen molar-refractivity contribution >= 4 is 11.8 Å². The predicted octanol–water partition coefficient (Wildman–Crippen LogP) is 3.55. The Hall–Kier alpha value is -2.10. The summed E-state index contributed by atoms with van der Waals surface area (Å²) in [6, 6.07) is 14.9. The first-order chi connectivity index (χ1) is 12.1. The second-order valence-electron chi connectivity index (χ2n) is 7.24. The summed E-state index contributed by atoms with van der Waals surface area (Å²) in [5, 5.41) is 10.8. The number of nitrogens with zero attached hydrogens (tertiary/aromatic N) is 2. The molecule has 0 spiro atoms. The Balaban J connectivity index is 1.46. The fraction of sp³-hybridized carbons (Fsp3) is 0.364. The molecule has 3 heteroatoms. The van der Waals surface area contributed by atoms with Gasteiger partial charge in [0.2, 0.25) is 0 Å². The number of hydrogen-bond acceptors (Lipinski definition) is 3. The molecule has 2 aromatic carbocycles. The topological polar surface area (TPSA) is 26.7 Å². The van der Waals surface area contributed by atoms with Crippen LogP contribution in [0, 0.1) is 13.8 Å². The maximum Gasteiger partial charge on any atom is 0.0986 e. The summed E-state index contributed by atoms with van der Waals surface area (Å²) in [6.45, 7) is 8.29. The molecular weight excluding hydrogens is 308 g/mol. The van der Waals surface area contributed by atoms with E-state index in [0.717, 1.165) is 37.3 Å². The highest BCUT2D eigenvalue weighted by Gasteiger charge is 2.31. The van der Waals surface area contributed by atoms with Gasteiger partial charge in [-0.05, 0) is 36.6 Å². The second kappa shape index (κ2) is 6.66. The Morgan fingerprint density at radius 3 is 2.48 bits per heavy atom. The Morgan fingerprint density at radius 2 is 1.72 bits per heavy atom. The van der Waals surface area contributed by atoms with E-state index >= 15 is 0 Å². The molecule has 4 rings (SSSR count). The van der Waals surface area contributed by atoms with Crippen molar-refractivity contribution in [2.75, 3.05) is 31.1 Å². The smallest absolute Gasteiger partial charge is 0.0986 e. The lowest BCUT2D eigenvalue weighted by Crippen LogP contribution is -2.52. The summed E-state index contributed by atoms with van der Waals surface area (Å²) in [5.41, 5.74) is 6.19. The number of fused-ring (bicyclic) bond motifs is 1. The van der Waals surface area contributed by atoms with E-state index in [4.69, 9.17) is 0 Å². The van der Waals surface area contributed by atoms with Crippen molar-refractivity contribution in [1.29, 1.82) is 0 Å². The van der Waals surface area contributed by atoms with Gasteiger partial charge in [-0.3, -0.25) is 4.90 Å². The molecule has 2 atom stereocenters. The van der Waals surface area contributed by atoms with Crippen molar-refractivity contribution < 1.29 is 5.11 Å². The molecule has 1 saturated heterocycles. The lowest BCUT2D eigenvalue weighted by Gasteiger charge is -2.42. The third-order valence-corrected chi connectivity index (χ3v) is 5.54. The molecule has 0 saturated carbocycles. The van der Waals surface area contributed by atoms with E-state index in [1.165, 1.54) is 16.8 Å². The molecule has 1 aliphatic carbocycles. The molecule has 0 unspecified atom stereocenters. The van der Waals surface area contributed by atoms with Crippen molar-refractivity contribution in [3.05, 3.63) is 70.8 Å². The molecule has 1 N–H and O–H groups in total. The highest BCUT2D eigenvalue weighted by atomic mass is 16.3. The second-order valence-corrected chi connectivity index (χ2v) is 7.24. The van der Waals surface area contributed by atoms with Gasteiger partial charge in [-0.15, -0.1) is 0 Å². The van der Waals surface area contributed by atoms with Crippen molar-refractivity contribution in [2.24, 2.45) is 0 Å². The molecule has 25 heavy (non-hydrogen) atoms. The average Bonchev–Trinajstić information content (AvgIpc) is 2.63. The monoisotopic (exact) mass is 334 g/mol. The molecule has 130 valence electrons. The average molecular weight is 334 g/mol. The van der Waals surface area contributed by atoms with Gasteiger partial charge >= 0.3 is 0 Å². The van der Waals surface area contributed by atoms with E-state index in [-0.39, 0.29) is 6.04 Å². The SMILES string of the molecule is Cc1ccc(N2CCN([C@@H]3C=Cc4ccccc4[C@H]3O)CC2)c(C)c1. The predicted molar refractivity (Wildman–Crippen MR) is 104 cm³/mol. The molecule has 0 amide bonds. The van der Waals surface area contributed by atoms with Crippen LogP contribution >= 0.6 is 0 Å². The van der Waals surface area contributed by atoms with E-state index in [2.05, 4.69) is 60.1 Å². The van der Waals surface area contributed by atoms with Crippen LogP contribution in [0.1, 0.15) is 28.4 Å². The zero-order valence-corrected chi connectivity index (χ0v) is 15.0. The van der Waals surface area contributed by atoms with Crippen LogP contribution in [0.3, 0.4) is 0 Å². The lowest BCUT2D eigenvalue weighted by atomic mass is 9.90. The molecule has 2 aliphatic rings.